The Kier molecular flexibility index (Phi) is 4.66. The second kappa shape index (κ2) is 6.73. The van der Waals surface area contributed by atoms with Gasteiger partial charge in [0.25, 0.3) is 5.91 Å². The molecule has 24 heavy (non-hydrogen) atoms. The fourth-order valence-electron chi connectivity index (χ4n) is 2.73. The highest BCUT2D eigenvalue weighted by atomic mass is 32.1. The van der Waals surface area contributed by atoms with Crippen LogP contribution in [0.1, 0.15) is 53.3 Å². The number of hydrogen-bond donors (Lipinski definition) is 1. The number of thiophene rings is 1. The molecule has 0 radical (unpaired) electrons. The first kappa shape index (κ1) is 16.6. The van der Waals surface area contributed by atoms with Crippen LogP contribution in [0, 0.1) is 6.92 Å². The lowest BCUT2D eigenvalue weighted by Crippen LogP contribution is -2.10. The third-order valence-electron chi connectivity index (χ3n) is 3.94. The summed E-state index contributed by atoms with van der Waals surface area (Å²) in [6, 6.07) is 4.17. The van der Waals surface area contributed by atoms with E-state index in [9.17, 15) is 4.79 Å². The molecule has 5 nitrogen and oxygen atoms in total. The Morgan fingerprint density at radius 1 is 1.33 bits per heavy atom. The molecule has 0 atom stereocenters. The van der Waals surface area contributed by atoms with Crippen LogP contribution in [0.2, 0.25) is 0 Å². The summed E-state index contributed by atoms with van der Waals surface area (Å²) in [6.07, 6.45) is 5.57. The van der Waals surface area contributed by atoms with Gasteiger partial charge in [-0.1, -0.05) is 13.3 Å². The SMILES string of the molecule is CCCc1cc(C(=O)Nc2cnc3c(cnn3C(C)C)c2)sc1C. The zero-order valence-corrected chi connectivity index (χ0v) is 15.3. The number of amides is 1. The van der Waals surface area contributed by atoms with Gasteiger partial charge >= 0.3 is 0 Å². The van der Waals surface area contributed by atoms with Gasteiger partial charge in [0.1, 0.15) is 0 Å². The first-order valence-corrected chi connectivity index (χ1v) is 9.05. The van der Waals surface area contributed by atoms with E-state index in [1.807, 2.05) is 16.8 Å². The Morgan fingerprint density at radius 2 is 2.12 bits per heavy atom. The van der Waals surface area contributed by atoms with Crippen molar-refractivity contribution in [1.82, 2.24) is 14.8 Å². The molecule has 3 heterocycles. The number of rotatable bonds is 5. The number of hydrogen-bond acceptors (Lipinski definition) is 4. The van der Waals surface area contributed by atoms with Crippen molar-refractivity contribution in [3.63, 3.8) is 0 Å². The minimum Gasteiger partial charge on any atom is -0.320 e. The third-order valence-corrected chi connectivity index (χ3v) is 5.04. The Balaban J connectivity index is 1.81. The highest BCUT2D eigenvalue weighted by Crippen LogP contribution is 2.24. The summed E-state index contributed by atoms with van der Waals surface area (Å²) in [4.78, 5) is 18.9. The lowest BCUT2D eigenvalue weighted by molar-refractivity contribution is 0.103. The molecule has 3 aromatic rings. The van der Waals surface area contributed by atoms with Crippen LogP contribution in [-0.4, -0.2) is 20.7 Å². The molecule has 0 fully saturated rings. The van der Waals surface area contributed by atoms with Crippen LogP contribution in [0.25, 0.3) is 11.0 Å². The van der Waals surface area contributed by atoms with E-state index in [2.05, 4.69) is 43.1 Å². The van der Waals surface area contributed by atoms with Gasteiger partial charge in [-0.2, -0.15) is 5.10 Å². The Bertz CT molecular complexity index is 878. The van der Waals surface area contributed by atoms with Gasteiger partial charge in [-0.05, 0) is 44.9 Å². The number of aryl methyl sites for hydroxylation is 2. The van der Waals surface area contributed by atoms with Crippen molar-refractivity contribution in [2.45, 2.75) is 46.6 Å². The van der Waals surface area contributed by atoms with Crippen LogP contribution in [0.4, 0.5) is 5.69 Å². The summed E-state index contributed by atoms with van der Waals surface area (Å²) in [6.45, 7) is 8.35. The zero-order chi connectivity index (χ0) is 17.3. The predicted octanol–water partition coefficient (Wildman–Crippen LogP) is 4.59. The van der Waals surface area contributed by atoms with Crippen LogP contribution < -0.4 is 5.32 Å². The van der Waals surface area contributed by atoms with E-state index in [1.165, 1.54) is 10.4 Å². The molecule has 0 unspecified atom stereocenters. The molecule has 6 heteroatoms. The first-order chi connectivity index (χ1) is 11.5. The largest absolute Gasteiger partial charge is 0.320 e. The van der Waals surface area contributed by atoms with Crippen molar-refractivity contribution in [1.29, 1.82) is 0 Å². The summed E-state index contributed by atoms with van der Waals surface area (Å²) in [7, 11) is 0. The fraction of sp³-hybridized carbons (Fsp3) is 0.389. The molecule has 0 saturated carbocycles. The maximum absolute atomic E-state index is 12.5. The molecular formula is C18H22N4OS. The number of aromatic nitrogens is 3. The van der Waals surface area contributed by atoms with Crippen molar-refractivity contribution in [3.8, 4) is 0 Å². The van der Waals surface area contributed by atoms with E-state index in [0.29, 0.717) is 5.69 Å². The maximum Gasteiger partial charge on any atom is 0.265 e. The molecular weight excluding hydrogens is 320 g/mol. The highest BCUT2D eigenvalue weighted by molar-refractivity contribution is 7.14. The molecule has 0 bridgehead atoms. The fourth-order valence-corrected chi connectivity index (χ4v) is 3.70. The number of carbonyl (C=O) groups excluding carboxylic acids is 1. The first-order valence-electron chi connectivity index (χ1n) is 8.23. The average Bonchev–Trinajstić information content (AvgIpc) is 3.11. The summed E-state index contributed by atoms with van der Waals surface area (Å²) in [5.74, 6) is -0.0807. The Morgan fingerprint density at radius 3 is 2.83 bits per heavy atom. The number of anilines is 1. The predicted molar refractivity (Wildman–Crippen MR) is 98.9 cm³/mol. The molecule has 3 rings (SSSR count). The molecule has 1 amide bonds. The molecule has 0 aliphatic carbocycles. The number of pyridine rings is 1. The van der Waals surface area contributed by atoms with Crippen LogP contribution in [0.5, 0.6) is 0 Å². The third kappa shape index (κ3) is 3.19. The van der Waals surface area contributed by atoms with Gasteiger partial charge in [-0.25, -0.2) is 9.67 Å². The number of fused-ring (bicyclic) bond motifs is 1. The van der Waals surface area contributed by atoms with Gasteiger partial charge in [0.05, 0.1) is 23.0 Å². The standard InChI is InChI=1S/C18H22N4OS/c1-5-6-13-8-16(24-12(13)4)18(23)21-15-7-14-9-20-22(11(2)3)17(14)19-10-15/h7-11H,5-6H2,1-4H3,(H,21,23). The topological polar surface area (TPSA) is 59.8 Å². The van der Waals surface area contributed by atoms with Crippen molar-refractivity contribution < 1.29 is 4.79 Å². The van der Waals surface area contributed by atoms with Crippen molar-refractivity contribution in [2.24, 2.45) is 0 Å². The summed E-state index contributed by atoms with van der Waals surface area (Å²) in [5.41, 5.74) is 2.79. The minimum atomic E-state index is -0.0807. The summed E-state index contributed by atoms with van der Waals surface area (Å²) < 4.78 is 1.88. The molecule has 1 N–H and O–H groups in total. The zero-order valence-electron chi connectivity index (χ0n) is 14.5. The van der Waals surface area contributed by atoms with E-state index in [4.69, 9.17) is 0 Å². The summed E-state index contributed by atoms with van der Waals surface area (Å²) in [5, 5.41) is 8.22. The molecule has 0 spiro atoms. The van der Waals surface area contributed by atoms with E-state index < -0.39 is 0 Å². The van der Waals surface area contributed by atoms with Gasteiger partial charge < -0.3 is 5.32 Å². The van der Waals surface area contributed by atoms with Gasteiger partial charge in [0, 0.05) is 16.3 Å². The lowest BCUT2D eigenvalue weighted by Gasteiger charge is -2.07. The van der Waals surface area contributed by atoms with E-state index in [0.717, 1.165) is 28.8 Å². The van der Waals surface area contributed by atoms with Gasteiger partial charge in [-0.3, -0.25) is 4.79 Å². The lowest BCUT2D eigenvalue weighted by atomic mass is 10.1. The molecule has 0 aliphatic heterocycles. The minimum absolute atomic E-state index is 0.0807. The maximum atomic E-state index is 12.5. The normalized spacial score (nSPS) is 11.4. The number of nitrogens with one attached hydrogen (secondary N) is 1. The van der Waals surface area contributed by atoms with Crippen molar-refractivity contribution in [3.05, 3.63) is 39.8 Å². The van der Waals surface area contributed by atoms with Gasteiger partial charge in [-0.15, -0.1) is 11.3 Å². The molecule has 126 valence electrons. The monoisotopic (exact) mass is 342 g/mol. The van der Waals surface area contributed by atoms with Crippen LogP contribution in [-0.2, 0) is 6.42 Å². The number of nitrogens with zero attached hydrogens (tertiary/aromatic N) is 3. The Labute approximate surface area is 145 Å². The average molecular weight is 342 g/mol. The van der Waals surface area contributed by atoms with Gasteiger partial charge in [0.15, 0.2) is 5.65 Å². The van der Waals surface area contributed by atoms with E-state index >= 15 is 0 Å². The quantitative estimate of drug-likeness (QED) is 0.738. The molecule has 0 aliphatic rings. The van der Waals surface area contributed by atoms with E-state index in [-0.39, 0.29) is 11.9 Å². The van der Waals surface area contributed by atoms with Gasteiger partial charge in [0.2, 0.25) is 0 Å². The molecule has 3 aromatic heterocycles. The Hall–Kier alpha value is -2.21. The van der Waals surface area contributed by atoms with E-state index in [1.54, 1.807) is 23.7 Å². The van der Waals surface area contributed by atoms with Crippen molar-refractivity contribution >= 4 is 34.0 Å². The van der Waals surface area contributed by atoms with Crippen LogP contribution in [0.3, 0.4) is 0 Å². The van der Waals surface area contributed by atoms with Crippen LogP contribution >= 0.6 is 11.3 Å². The smallest absolute Gasteiger partial charge is 0.265 e. The summed E-state index contributed by atoms with van der Waals surface area (Å²) >= 11 is 1.54. The van der Waals surface area contributed by atoms with Crippen molar-refractivity contribution in [2.75, 3.05) is 5.32 Å². The molecule has 0 saturated heterocycles. The second-order valence-electron chi connectivity index (χ2n) is 6.22. The second-order valence-corrected chi connectivity index (χ2v) is 7.47. The number of carbonyl (C=O) groups is 1. The molecule has 0 aromatic carbocycles. The van der Waals surface area contributed by atoms with Crippen LogP contribution in [0.15, 0.2) is 24.5 Å². The highest BCUT2D eigenvalue weighted by Gasteiger charge is 2.14.